The monoisotopic (exact) mass is 175 g/mol. The normalized spacial score (nSPS) is 11.6. The molecule has 68 valence electrons. The summed E-state index contributed by atoms with van der Waals surface area (Å²) in [4.78, 5) is 0. The fourth-order valence-electron chi connectivity index (χ4n) is 1.21. The molecule has 0 aliphatic carbocycles. The molecule has 0 aliphatic heterocycles. The van der Waals surface area contributed by atoms with E-state index in [0.717, 1.165) is 0 Å². The molecule has 0 saturated heterocycles. The van der Waals surface area contributed by atoms with E-state index in [-0.39, 0.29) is 11.6 Å². The van der Waals surface area contributed by atoms with Gasteiger partial charge >= 0.3 is 0 Å². The maximum absolute atomic E-state index is 12.3. The van der Waals surface area contributed by atoms with E-state index in [4.69, 9.17) is 0 Å². The largest absolute Gasteiger partial charge is 0.284 e. The molecule has 1 heterocycles. The van der Waals surface area contributed by atoms with Crippen LogP contribution in [0.1, 0.15) is 37.6 Å². The summed E-state index contributed by atoms with van der Waals surface area (Å²) in [6, 6.07) is 0. The summed E-state index contributed by atoms with van der Waals surface area (Å²) in [6.45, 7) is 3.68. The Kier molecular flexibility index (Phi) is 2.40. The van der Waals surface area contributed by atoms with Gasteiger partial charge in [-0.25, -0.2) is 8.78 Å². The maximum Gasteiger partial charge on any atom is 0.284 e. The fraction of sp³-hybridized carbons (Fsp3) is 0.714. The Balaban J connectivity index is 3.12. The van der Waals surface area contributed by atoms with Crippen LogP contribution < -0.4 is 0 Å². The number of aromatic nitrogens is 3. The SMILES string of the molecule is CC(C)c1c(C(F)F)nnn1C. The molecule has 0 saturated carbocycles. The van der Waals surface area contributed by atoms with Gasteiger partial charge in [-0.1, -0.05) is 19.1 Å². The molecular formula is C7H11F2N3. The van der Waals surface area contributed by atoms with Crippen LogP contribution in [0.3, 0.4) is 0 Å². The van der Waals surface area contributed by atoms with Crippen LogP contribution in [0.15, 0.2) is 0 Å². The minimum atomic E-state index is -2.53. The van der Waals surface area contributed by atoms with Crippen molar-refractivity contribution in [2.24, 2.45) is 7.05 Å². The Morgan fingerprint density at radius 3 is 2.25 bits per heavy atom. The summed E-state index contributed by atoms with van der Waals surface area (Å²) in [5.74, 6) is 0.0222. The zero-order valence-corrected chi connectivity index (χ0v) is 7.25. The van der Waals surface area contributed by atoms with Crippen molar-refractivity contribution >= 4 is 0 Å². The van der Waals surface area contributed by atoms with Crippen molar-refractivity contribution in [2.75, 3.05) is 0 Å². The lowest BCUT2D eigenvalue weighted by atomic mass is 10.1. The first-order valence-electron chi connectivity index (χ1n) is 3.71. The van der Waals surface area contributed by atoms with E-state index in [1.54, 1.807) is 7.05 Å². The molecule has 1 aromatic rings. The van der Waals surface area contributed by atoms with Crippen LogP contribution in [-0.2, 0) is 7.05 Å². The summed E-state index contributed by atoms with van der Waals surface area (Å²) < 4.78 is 26.0. The Morgan fingerprint density at radius 1 is 1.33 bits per heavy atom. The minimum absolute atomic E-state index is 0.0222. The van der Waals surface area contributed by atoms with E-state index in [0.29, 0.717) is 5.69 Å². The first-order valence-corrected chi connectivity index (χ1v) is 3.71. The molecule has 0 unspecified atom stereocenters. The molecule has 0 radical (unpaired) electrons. The topological polar surface area (TPSA) is 30.7 Å². The molecule has 0 amide bonds. The van der Waals surface area contributed by atoms with Crippen LogP contribution in [0.5, 0.6) is 0 Å². The van der Waals surface area contributed by atoms with Crippen LogP contribution in [0, 0.1) is 0 Å². The summed E-state index contributed by atoms with van der Waals surface area (Å²) in [5.41, 5.74) is 0.303. The smallest absolute Gasteiger partial charge is 0.252 e. The van der Waals surface area contributed by atoms with Crippen molar-refractivity contribution < 1.29 is 8.78 Å². The lowest BCUT2D eigenvalue weighted by Crippen LogP contribution is -2.02. The van der Waals surface area contributed by atoms with Crippen molar-refractivity contribution in [3.05, 3.63) is 11.4 Å². The molecule has 0 spiro atoms. The van der Waals surface area contributed by atoms with Gasteiger partial charge in [0.25, 0.3) is 6.43 Å². The summed E-state index contributed by atoms with van der Waals surface area (Å²) in [6.07, 6.45) is -2.53. The van der Waals surface area contributed by atoms with Gasteiger partial charge in [0, 0.05) is 7.05 Å². The third-order valence-corrected chi connectivity index (χ3v) is 1.65. The molecule has 0 bridgehead atoms. The highest BCUT2D eigenvalue weighted by molar-refractivity contribution is 5.14. The Bertz CT molecular complexity index is 268. The molecule has 1 aromatic heterocycles. The number of halogens is 2. The van der Waals surface area contributed by atoms with E-state index >= 15 is 0 Å². The van der Waals surface area contributed by atoms with Gasteiger partial charge in [0.15, 0.2) is 5.69 Å². The molecule has 0 aliphatic rings. The second-order valence-electron chi connectivity index (χ2n) is 2.94. The lowest BCUT2D eigenvalue weighted by molar-refractivity contribution is 0.144. The van der Waals surface area contributed by atoms with Crippen LogP contribution in [0.4, 0.5) is 8.78 Å². The van der Waals surface area contributed by atoms with E-state index < -0.39 is 6.43 Å². The van der Waals surface area contributed by atoms with Gasteiger partial charge in [0.2, 0.25) is 0 Å². The second kappa shape index (κ2) is 3.16. The van der Waals surface area contributed by atoms with Gasteiger partial charge in [-0.15, -0.1) is 5.10 Å². The average molecular weight is 175 g/mol. The first kappa shape index (κ1) is 9.09. The average Bonchev–Trinajstić information content (AvgIpc) is 2.30. The van der Waals surface area contributed by atoms with Gasteiger partial charge in [-0.05, 0) is 5.92 Å². The van der Waals surface area contributed by atoms with E-state index in [9.17, 15) is 8.78 Å². The Labute approximate surface area is 69.4 Å². The van der Waals surface area contributed by atoms with E-state index in [2.05, 4.69) is 10.3 Å². The molecule has 0 fully saturated rings. The zero-order valence-electron chi connectivity index (χ0n) is 7.25. The molecular weight excluding hydrogens is 164 g/mol. The number of hydrogen-bond donors (Lipinski definition) is 0. The van der Waals surface area contributed by atoms with Gasteiger partial charge < -0.3 is 0 Å². The lowest BCUT2D eigenvalue weighted by Gasteiger charge is -2.06. The molecule has 1 rings (SSSR count). The summed E-state index contributed by atoms with van der Waals surface area (Å²) in [7, 11) is 1.62. The van der Waals surface area contributed by atoms with Crippen molar-refractivity contribution in [1.29, 1.82) is 0 Å². The van der Waals surface area contributed by atoms with Crippen molar-refractivity contribution in [2.45, 2.75) is 26.2 Å². The molecule has 0 N–H and O–H groups in total. The molecule has 0 aromatic carbocycles. The Morgan fingerprint density at radius 2 is 1.92 bits per heavy atom. The van der Waals surface area contributed by atoms with Crippen LogP contribution in [-0.4, -0.2) is 15.0 Å². The number of alkyl halides is 2. The second-order valence-corrected chi connectivity index (χ2v) is 2.94. The van der Waals surface area contributed by atoms with E-state index in [1.807, 2.05) is 13.8 Å². The third kappa shape index (κ3) is 1.44. The van der Waals surface area contributed by atoms with Crippen LogP contribution >= 0.6 is 0 Å². The number of hydrogen-bond acceptors (Lipinski definition) is 2. The zero-order chi connectivity index (χ0) is 9.30. The first-order chi connectivity index (χ1) is 5.54. The van der Waals surface area contributed by atoms with Crippen LogP contribution in [0.25, 0.3) is 0 Å². The summed E-state index contributed by atoms with van der Waals surface area (Å²) >= 11 is 0. The highest BCUT2D eigenvalue weighted by Crippen LogP contribution is 2.25. The van der Waals surface area contributed by atoms with Gasteiger partial charge in [-0.3, -0.25) is 4.68 Å². The molecule has 5 heteroatoms. The maximum atomic E-state index is 12.3. The van der Waals surface area contributed by atoms with Gasteiger partial charge in [0.1, 0.15) is 0 Å². The van der Waals surface area contributed by atoms with Gasteiger partial charge in [-0.2, -0.15) is 0 Å². The number of rotatable bonds is 2. The highest BCUT2D eigenvalue weighted by Gasteiger charge is 2.21. The fourth-order valence-corrected chi connectivity index (χ4v) is 1.21. The Hall–Kier alpha value is -1.00. The molecule has 0 atom stereocenters. The highest BCUT2D eigenvalue weighted by atomic mass is 19.3. The van der Waals surface area contributed by atoms with Crippen molar-refractivity contribution in [1.82, 2.24) is 15.0 Å². The predicted molar refractivity (Wildman–Crippen MR) is 40.0 cm³/mol. The predicted octanol–water partition coefficient (Wildman–Crippen LogP) is 1.88. The standard InChI is InChI=1S/C7H11F2N3/c1-4(2)6-5(7(8)9)10-11-12(6)3/h4,7H,1-3H3. The number of nitrogens with zero attached hydrogens (tertiary/aromatic N) is 3. The van der Waals surface area contributed by atoms with Crippen LogP contribution in [0.2, 0.25) is 0 Å². The van der Waals surface area contributed by atoms with E-state index in [1.165, 1.54) is 4.68 Å². The molecule has 3 nitrogen and oxygen atoms in total. The van der Waals surface area contributed by atoms with Crippen molar-refractivity contribution in [3.8, 4) is 0 Å². The van der Waals surface area contributed by atoms with Gasteiger partial charge in [0.05, 0.1) is 5.69 Å². The van der Waals surface area contributed by atoms with Crippen molar-refractivity contribution in [3.63, 3.8) is 0 Å². The number of aryl methyl sites for hydroxylation is 1. The quantitative estimate of drug-likeness (QED) is 0.687. The minimum Gasteiger partial charge on any atom is -0.252 e. The third-order valence-electron chi connectivity index (χ3n) is 1.65. The summed E-state index contributed by atoms with van der Waals surface area (Å²) in [5, 5.41) is 6.95. The molecule has 12 heavy (non-hydrogen) atoms.